The summed E-state index contributed by atoms with van der Waals surface area (Å²) in [5.41, 5.74) is 7.06. The highest BCUT2D eigenvalue weighted by atomic mass is 35.5. The molecule has 0 aromatic carbocycles. The van der Waals surface area contributed by atoms with Gasteiger partial charge in [-0.2, -0.15) is 0 Å². The molecule has 0 fully saturated rings. The highest BCUT2D eigenvalue weighted by Crippen LogP contribution is 2.29. The Morgan fingerprint density at radius 1 is 1.50 bits per heavy atom. The molecule has 5 heteroatoms. The van der Waals surface area contributed by atoms with Gasteiger partial charge in [0.1, 0.15) is 0 Å². The maximum Gasteiger partial charge on any atom is 0.226 e. The van der Waals surface area contributed by atoms with Crippen LogP contribution in [0.3, 0.4) is 0 Å². The Morgan fingerprint density at radius 2 is 2.29 bits per heavy atom. The first-order valence-electron chi connectivity index (χ1n) is 4.22. The highest BCUT2D eigenvalue weighted by molar-refractivity contribution is 6.28. The predicted octanol–water partition coefficient (Wildman–Crippen LogP) is 2.73. The van der Waals surface area contributed by atoms with Gasteiger partial charge in [-0.05, 0) is 30.2 Å². The van der Waals surface area contributed by atoms with Crippen molar-refractivity contribution in [1.82, 2.24) is 5.16 Å². The average molecular weight is 213 g/mol. The molecule has 2 aromatic rings. The Bertz CT molecular complexity index is 447. The van der Waals surface area contributed by atoms with E-state index in [2.05, 4.69) is 5.16 Å². The molecule has 0 radical (unpaired) electrons. The molecule has 0 bridgehead atoms. The first-order chi connectivity index (χ1) is 6.72. The van der Waals surface area contributed by atoms with Crippen molar-refractivity contribution in [2.75, 3.05) is 5.73 Å². The number of aromatic nitrogens is 1. The summed E-state index contributed by atoms with van der Waals surface area (Å²) in [5.74, 6) is 0.905. The zero-order valence-electron chi connectivity index (χ0n) is 7.58. The largest absolute Gasteiger partial charge is 0.443 e. The highest BCUT2D eigenvalue weighted by Gasteiger charge is 2.16. The Hall–Kier alpha value is -1.42. The van der Waals surface area contributed by atoms with Gasteiger partial charge in [-0.1, -0.05) is 12.1 Å². The van der Waals surface area contributed by atoms with Gasteiger partial charge in [0, 0.05) is 5.56 Å². The maximum atomic E-state index is 5.66. The van der Waals surface area contributed by atoms with Gasteiger partial charge < -0.3 is 14.7 Å². The first kappa shape index (κ1) is 9.15. The van der Waals surface area contributed by atoms with Crippen molar-refractivity contribution in [3.05, 3.63) is 22.9 Å². The number of nitrogen functional groups attached to an aromatic ring is 1. The quantitative estimate of drug-likeness (QED) is 0.831. The molecule has 0 spiro atoms. The van der Waals surface area contributed by atoms with E-state index in [-0.39, 0.29) is 0 Å². The Morgan fingerprint density at radius 3 is 2.86 bits per heavy atom. The fourth-order valence-corrected chi connectivity index (χ4v) is 1.44. The zero-order chi connectivity index (χ0) is 10.1. The van der Waals surface area contributed by atoms with Gasteiger partial charge in [-0.15, -0.1) is 0 Å². The van der Waals surface area contributed by atoms with E-state index in [4.69, 9.17) is 26.3 Å². The summed E-state index contributed by atoms with van der Waals surface area (Å²) in [5, 5.41) is 4.14. The van der Waals surface area contributed by atoms with Gasteiger partial charge >= 0.3 is 0 Å². The number of rotatable bonds is 2. The van der Waals surface area contributed by atoms with Gasteiger partial charge in [0.05, 0.1) is 0 Å². The third-order valence-electron chi connectivity index (χ3n) is 1.98. The molecule has 2 N–H and O–H groups in total. The van der Waals surface area contributed by atoms with Crippen molar-refractivity contribution >= 4 is 17.5 Å². The van der Waals surface area contributed by atoms with Crippen LogP contribution >= 0.6 is 11.6 Å². The second-order valence-corrected chi connectivity index (χ2v) is 3.20. The van der Waals surface area contributed by atoms with Gasteiger partial charge in [0.25, 0.3) is 0 Å². The third kappa shape index (κ3) is 1.37. The monoisotopic (exact) mass is 212 g/mol. The fraction of sp³-hybridized carbons (Fsp3) is 0.222. The normalized spacial score (nSPS) is 10.7. The SMILES string of the molecule is CCc1c(-c2ccc(Cl)o2)noc1N. The Balaban J connectivity index is 2.51. The van der Waals surface area contributed by atoms with E-state index < -0.39 is 0 Å². The van der Waals surface area contributed by atoms with Crippen LogP contribution in [0.15, 0.2) is 21.1 Å². The number of hydrogen-bond donors (Lipinski definition) is 1. The molecule has 14 heavy (non-hydrogen) atoms. The maximum absolute atomic E-state index is 5.66. The van der Waals surface area contributed by atoms with Crippen LogP contribution in [0.5, 0.6) is 0 Å². The number of anilines is 1. The number of nitrogens with zero attached hydrogens (tertiary/aromatic N) is 1. The molecule has 0 amide bonds. The summed E-state index contributed by atoms with van der Waals surface area (Å²) in [6.07, 6.45) is 0.739. The van der Waals surface area contributed by atoms with E-state index in [1.807, 2.05) is 6.92 Å². The molecule has 0 aliphatic heterocycles. The summed E-state index contributed by atoms with van der Waals surface area (Å²) < 4.78 is 10.1. The van der Waals surface area contributed by atoms with Gasteiger partial charge in [-0.3, -0.25) is 0 Å². The predicted molar refractivity (Wildman–Crippen MR) is 53.0 cm³/mol. The van der Waals surface area contributed by atoms with Crippen LogP contribution in [0.4, 0.5) is 5.88 Å². The van der Waals surface area contributed by atoms with Crippen molar-refractivity contribution < 1.29 is 8.94 Å². The van der Waals surface area contributed by atoms with Gasteiger partial charge in [-0.25, -0.2) is 0 Å². The van der Waals surface area contributed by atoms with Crippen LogP contribution < -0.4 is 5.73 Å². The van der Waals surface area contributed by atoms with Crippen LogP contribution in [0.2, 0.25) is 5.22 Å². The average Bonchev–Trinajstić information content (AvgIpc) is 2.71. The lowest BCUT2D eigenvalue weighted by molar-refractivity contribution is 0.435. The number of furan rings is 1. The lowest BCUT2D eigenvalue weighted by Gasteiger charge is -1.93. The molecule has 2 rings (SSSR count). The summed E-state index contributed by atoms with van der Waals surface area (Å²) in [6, 6.07) is 3.39. The topological polar surface area (TPSA) is 65.2 Å². The molecule has 0 saturated heterocycles. The van der Waals surface area contributed by atoms with Gasteiger partial charge in [0.15, 0.2) is 16.7 Å². The standard InChI is InChI=1S/C9H9ClN2O2/c1-2-5-8(12-14-9(5)11)6-3-4-7(10)13-6/h3-4H,2,11H2,1H3. The van der Waals surface area contributed by atoms with E-state index >= 15 is 0 Å². The molecule has 0 unspecified atom stereocenters. The molecular formula is C9H9ClN2O2. The molecule has 0 aliphatic rings. The Kier molecular flexibility index (Phi) is 2.21. The number of halogens is 1. The van der Waals surface area contributed by atoms with Crippen molar-refractivity contribution in [1.29, 1.82) is 0 Å². The number of nitrogens with two attached hydrogens (primary N) is 1. The van der Waals surface area contributed by atoms with Crippen LogP contribution in [-0.4, -0.2) is 5.16 Å². The van der Waals surface area contributed by atoms with Gasteiger partial charge in [0.2, 0.25) is 5.88 Å². The lowest BCUT2D eigenvalue weighted by Crippen LogP contribution is -1.88. The molecule has 2 aromatic heterocycles. The van der Waals surface area contributed by atoms with E-state index in [0.29, 0.717) is 22.6 Å². The summed E-state index contributed by atoms with van der Waals surface area (Å²) >= 11 is 5.66. The van der Waals surface area contributed by atoms with E-state index in [9.17, 15) is 0 Å². The van der Waals surface area contributed by atoms with Crippen molar-refractivity contribution in [2.45, 2.75) is 13.3 Å². The molecule has 2 heterocycles. The zero-order valence-corrected chi connectivity index (χ0v) is 8.34. The van der Waals surface area contributed by atoms with E-state index in [1.165, 1.54) is 0 Å². The molecule has 4 nitrogen and oxygen atoms in total. The molecular weight excluding hydrogens is 204 g/mol. The van der Waals surface area contributed by atoms with Crippen molar-refractivity contribution in [2.24, 2.45) is 0 Å². The van der Waals surface area contributed by atoms with Crippen LogP contribution in [0.25, 0.3) is 11.5 Å². The Labute approximate surface area is 85.6 Å². The van der Waals surface area contributed by atoms with Crippen molar-refractivity contribution in [3.8, 4) is 11.5 Å². The minimum Gasteiger partial charge on any atom is -0.443 e. The van der Waals surface area contributed by atoms with E-state index in [0.717, 1.165) is 12.0 Å². The van der Waals surface area contributed by atoms with Crippen LogP contribution in [-0.2, 0) is 6.42 Å². The first-order valence-corrected chi connectivity index (χ1v) is 4.60. The number of hydrogen-bond acceptors (Lipinski definition) is 4. The molecule has 0 saturated carbocycles. The summed E-state index contributed by atoms with van der Waals surface area (Å²) in [6.45, 7) is 1.97. The molecule has 0 aliphatic carbocycles. The molecule has 0 atom stereocenters. The minimum atomic E-state index is 0.323. The molecule has 74 valence electrons. The van der Waals surface area contributed by atoms with Crippen LogP contribution in [0.1, 0.15) is 12.5 Å². The van der Waals surface area contributed by atoms with Crippen LogP contribution in [0, 0.1) is 0 Å². The second-order valence-electron chi connectivity index (χ2n) is 2.83. The summed E-state index contributed by atoms with van der Waals surface area (Å²) in [7, 11) is 0. The third-order valence-corrected chi connectivity index (χ3v) is 2.18. The van der Waals surface area contributed by atoms with Crippen molar-refractivity contribution in [3.63, 3.8) is 0 Å². The lowest BCUT2D eigenvalue weighted by atomic mass is 10.1. The van der Waals surface area contributed by atoms with E-state index in [1.54, 1.807) is 12.1 Å². The smallest absolute Gasteiger partial charge is 0.226 e. The minimum absolute atomic E-state index is 0.323. The summed E-state index contributed by atoms with van der Waals surface area (Å²) in [4.78, 5) is 0. The second kappa shape index (κ2) is 3.38. The fourth-order valence-electron chi connectivity index (χ4n) is 1.30.